The number of hydrogen-bond acceptors (Lipinski definition) is 2. The fourth-order valence-electron chi connectivity index (χ4n) is 4.13. The first-order valence-electron chi connectivity index (χ1n) is 8.25. The van der Waals surface area contributed by atoms with Crippen molar-refractivity contribution >= 4 is 33.6 Å². The maximum absolute atomic E-state index is 12.4. The molecule has 1 amide bonds. The van der Waals surface area contributed by atoms with Gasteiger partial charge in [0.2, 0.25) is 5.91 Å². The molecule has 4 heteroatoms. The van der Waals surface area contributed by atoms with E-state index in [0.717, 1.165) is 21.2 Å². The summed E-state index contributed by atoms with van der Waals surface area (Å²) in [7, 11) is 0. The molecule has 1 aromatic carbocycles. The third kappa shape index (κ3) is 3.70. The molecule has 0 spiro atoms. The van der Waals surface area contributed by atoms with Crippen LogP contribution in [0.15, 0.2) is 33.6 Å². The van der Waals surface area contributed by atoms with E-state index in [9.17, 15) is 4.79 Å². The van der Waals surface area contributed by atoms with Gasteiger partial charge in [0.05, 0.1) is 5.25 Å². The van der Waals surface area contributed by atoms with Crippen molar-refractivity contribution in [2.24, 2.45) is 17.8 Å². The molecule has 1 N–H and O–H groups in total. The molecule has 5 atom stereocenters. The number of amides is 1. The van der Waals surface area contributed by atoms with Crippen molar-refractivity contribution in [3.63, 3.8) is 0 Å². The Balaban J connectivity index is 1.51. The highest BCUT2D eigenvalue weighted by Gasteiger charge is 2.42. The second kappa shape index (κ2) is 6.96. The van der Waals surface area contributed by atoms with Gasteiger partial charge in [0.1, 0.15) is 0 Å². The molecule has 120 valence electrons. The quantitative estimate of drug-likeness (QED) is 0.736. The van der Waals surface area contributed by atoms with Crippen molar-refractivity contribution in [1.29, 1.82) is 0 Å². The highest BCUT2D eigenvalue weighted by molar-refractivity contribution is 9.10. The standard InChI is InChI=1S/C18H24BrNOS/c1-11(17-10-13-3-4-14(17)9-13)20-18(21)12(2)22-16-7-5-15(19)6-8-16/h5-8,11-14,17H,3-4,9-10H2,1-2H3,(H,20,21). The van der Waals surface area contributed by atoms with Gasteiger partial charge in [0.15, 0.2) is 0 Å². The Morgan fingerprint density at radius 2 is 1.95 bits per heavy atom. The molecular formula is C18H24BrNOS. The van der Waals surface area contributed by atoms with Gasteiger partial charge < -0.3 is 5.32 Å². The zero-order chi connectivity index (χ0) is 15.7. The lowest BCUT2D eigenvalue weighted by Gasteiger charge is -2.29. The Morgan fingerprint density at radius 1 is 1.23 bits per heavy atom. The molecule has 5 unspecified atom stereocenters. The van der Waals surface area contributed by atoms with E-state index in [4.69, 9.17) is 0 Å². The Kier molecular flexibility index (Phi) is 5.18. The monoisotopic (exact) mass is 381 g/mol. The molecule has 0 aliphatic heterocycles. The molecule has 2 saturated carbocycles. The second-order valence-electron chi connectivity index (χ2n) is 6.85. The maximum atomic E-state index is 12.4. The van der Waals surface area contributed by atoms with Crippen molar-refractivity contribution in [3.8, 4) is 0 Å². The Labute approximate surface area is 146 Å². The van der Waals surface area contributed by atoms with Crippen LogP contribution in [0.3, 0.4) is 0 Å². The molecule has 22 heavy (non-hydrogen) atoms. The molecule has 0 heterocycles. The number of halogens is 1. The molecule has 0 saturated heterocycles. The maximum Gasteiger partial charge on any atom is 0.233 e. The molecular weight excluding hydrogens is 358 g/mol. The van der Waals surface area contributed by atoms with Crippen LogP contribution in [0.5, 0.6) is 0 Å². The first-order valence-corrected chi connectivity index (χ1v) is 9.93. The zero-order valence-corrected chi connectivity index (χ0v) is 15.6. The van der Waals surface area contributed by atoms with Gasteiger partial charge in [-0.15, -0.1) is 11.8 Å². The smallest absolute Gasteiger partial charge is 0.233 e. The van der Waals surface area contributed by atoms with Gasteiger partial charge in [0, 0.05) is 15.4 Å². The number of thioether (sulfide) groups is 1. The van der Waals surface area contributed by atoms with E-state index in [-0.39, 0.29) is 11.2 Å². The minimum atomic E-state index is -0.0535. The fourth-order valence-corrected chi connectivity index (χ4v) is 5.27. The van der Waals surface area contributed by atoms with E-state index in [1.54, 1.807) is 11.8 Å². The van der Waals surface area contributed by atoms with Gasteiger partial charge in [-0.05, 0) is 75.1 Å². The summed E-state index contributed by atoms with van der Waals surface area (Å²) >= 11 is 5.07. The third-order valence-electron chi connectivity index (χ3n) is 5.30. The molecule has 1 aromatic rings. The summed E-state index contributed by atoms with van der Waals surface area (Å²) in [5, 5.41) is 3.22. The average Bonchev–Trinajstić information content (AvgIpc) is 3.12. The number of fused-ring (bicyclic) bond motifs is 2. The van der Waals surface area contributed by atoms with Crippen molar-refractivity contribution in [2.45, 2.75) is 55.7 Å². The topological polar surface area (TPSA) is 29.1 Å². The van der Waals surface area contributed by atoms with Crippen molar-refractivity contribution < 1.29 is 4.79 Å². The zero-order valence-electron chi connectivity index (χ0n) is 13.2. The van der Waals surface area contributed by atoms with Crippen LogP contribution in [-0.2, 0) is 4.79 Å². The lowest BCUT2D eigenvalue weighted by molar-refractivity contribution is -0.121. The Morgan fingerprint density at radius 3 is 2.55 bits per heavy atom. The lowest BCUT2D eigenvalue weighted by Crippen LogP contribution is -2.43. The number of hydrogen-bond donors (Lipinski definition) is 1. The second-order valence-corrected chi connectivity index (χ2v) is 9.18. The van der Waals surface area contributed by atoms with Crippen LogP contribution >= 0.6 is 27.7 Å². The number of carbonyl (C=O) groups excluding carboxylic acids is 1. The van der Waals surface area contributed by atoms with E-state index < -0.39 is 0 Å². The summed E-state index contributed by atoms with van der Waals surface area (Å²) in [6, 6.07) is 8.46. The van der Waals surface area contributed by atoms with Crippen LogP contribution in [0.1, 0.15) is 39.5 Å². The first-order chi connectivity index (χ1) is 10.5. The van der Waals surface area contributed by atoms with Crippen molar-refractivity contribution in [3.05, 3.63) is 28.7 Å². The highest BCUT2D eigenvalue weighted by atomic mass is 79.9. The molecule has 2 aliphatic carbocycles. The van der Waals surface area contributed by atoms with E-state index in [2.05, 4.69) is 40.3 Å². The summed E-state index contributed by atoms with van der Waals surface area (Å²) in [4.78, 5) is 13.6. The van der Waals surface area contributed by atoms with Gasteiger partial charge in [0.25, 0.3) is 0 Å². The number of nitrogens with one attached hydrogen (secondary N) is 1. The van der Waals surface area contributed by atoms with Crippen LogP contribution in [0.2, 0.25) is 0 Å². The number of carbonyl (C=O) groups is 1. The molecule has 0 aromatic heterocycles. The number of benzene rings is 1. The molecule has 2 bridgehead atoms. The van der Waals surface area contributed by atoms with E-state index >= 15 is 0 Å². The van der Waals surface area contributed by atoms with Gasteiger partial charge in [-0.2, -0.15) is 0 Å². The largest absolute Gasteiger partial charge is 0.352 e. The molecule has 2 nitrogen and oxygen atoms in total. The predicted molar refractivity (Wildman–Crippen MR) is 96.0 cm³/mol. The fraction of sp³-hybridized carbons (Fsp3) is 0.611. The Hall–Kier alpha value is -0.480. The normalized spacial score (nSPS) is 29.3. The van der Waals surface area contributed by atoms with Gasteiger partial charge in [-0.25, -0.2) is 0 Å². The molecule has 3 rings (SSSR count). The Bertz CT molecular complexity index is 532. The lowest BCUT2D eigenvalue weighted by atomic mass is 9.84. The van der Waals surface area contributed by atoms with Crippen LogP contribution in [0, 0.1) is 17.8 Å². The predicted octanol–water partition coefficient (Wildman–Crippen LogP) is 4.87. The van der Waals surface area contributed by atoms with E-state index in [1.807, 2.05) is 19.1 Å². The van der Waals surface area contributed by atoms with E-state index in [1.165, 1.54) is 25.7 Å². The van der Waals surface area contributed by atoms with Crippen LogP contribution < -0.4 is 5.32 Å². The van der Waals surface area contributed by atoms with Crippen molar-refractivity contribution in [2.75, 3.05) is 0 Å². The van der Waals surface area contributed by atoms with Gasteiger partial charge in [-0.3, -0.25) is 4.79 Å². The summed E-state index contributed by atoms with van der Waals surface area (Å²) in [6.45, 7) is 4.19. The molecule has 2 fully saturated rings. The van der Waals surface area contributed by atoms with Gasteiger partial charge >= 0.3 is 0 Å². The molecule has 0 radical (unpaired) electrons. The summed E-state index contributed by atoms with van der Waals surface area (Å²) in [5.74, 6) is 2.66. The van der Waals surface area contributed by atoms with Crippen molar-refractivity contribution in [1.82, 2.24) is 5.32 Å². The SMILES string of the molecule is CC(Sc1ccc(Br)cc1)C(=O)NC(C)C1CC2CCC1C2. The highest BCUT2D eigenvalue weighted by Crippen LogP contribution is 2.49. The minimum absolute atomic E-state index is 0.0535. The first kappa shape index (κ1) is 16.4. The van der Waals surface area contributed by atoms with Gasteiger partial charge in [-0.1, -0.05) is 22.4 Å². The number of rotatable bonds is 5. The van der Waals surface area contributed by atoms with Crippen LogP contribution in [0.25, 0.3) is 0 Å². The third-order valence-corrected chi connectivity index (χ3v) is 6.94. The molecule has 2 aliphatic rings. The summed E-state index contributed by atoms with van der Waals surface area (Å²) < 4.78 is 1.07. The summed E-state index contributed by atoms with van der Waals surface area (Å²) in [5.41, 5.74) is 0. The van der Waals surface area contributed by atoms with Crippen LogP contribution in [-0.4, -0.2) is 17.2 Å². The average molecular weight is 382 g/mol. The summed E-state index contributed by atoms with van der Waals surface area (Å²) in [6.07, 6.45) is 5.50. The minimum Gasteiger partial charge on any atom is -0.352 e. The van der Waals surface area contributed by atoms with Crippen LogP contribution in [0.4, 0.5) is 0 Å². The van der Waals surface area contributed by atoms with E-state index in [0.29, 0.717) is 12.0 Å².